The maximum absolute atomic E-state index is 9.49. The molecule has 0 saturated heterocycles. The molecule has 1 N–H and O–H groups in total. The van der Waals surface area contributed by atoms with Gasteiger partial charge < -0.3 is 5.11 Å². The van der Waals surface area contributed by atoms with E-state index in [-0.39, 0.29) is 5.75 Å². The molecule has 0 aliphatic carbocycles. The molecule has 4 nitrogen and oxygen atoms in total. The molecule has 0 amide bonds. The first kappa shape index (κ1) is 17.4. The van der Waals surface area contributed by atoms with E-state index in [9.17, 15) is 5.11 Å². The van der Waals surface area contributed by atoms with Crippen LogP contribution in [0.2, 0.25) is 0 Å². The molecule has 5 heteroatoms. The number of phenolic OH excluding ortho intramolecular Hbond substituents is 1. The molecule has 0 unspecified atom stereocenters. The van der Waals surface area contributed by atoms with Gasteiger partial charge in [0, 0.05) is 5.56 Å². The molecule has 4 rings (SSSR count). The lowest BCUT2D eigenvalue weighted by Crippen LogP contribution is -1.81. The van der Waals surface area contributed by atoms with Gasteiger partial charge in [0.15, 0.2) is 0 Å². The Morgan fingerprint density at radius 3 is 2.48 bits per heavy atom. The largest absolute Gasteiger partial charge is 0.508 e. The summed E-state index contributed by atoms with van der Waals surface area (Å²) in [5.74, 6) is 0.234. The smallest absolute Gasteiger partial charge is 0.124 e. The number of aromatic nitrogens is 1. The quantitative estimate of drug-likeness (QED) is 0.393. The number of nitrogens with zero attached hydrogens (tertiary/aromatic N) is 3. The van der Waals surface area contributed by atoms with Crippen molar-refractivity contribution in [3.63, 3.8) is 0 Å². The fraction of sp³-hybridized carbons (Fsp3) is 0.136. The van der Waals surface area contributed by atoms with Crippen LogP contribution in [0.15, 0.2) is 64.8 Å². The fourth-order valence-corrected chi connectivity index (χ4v) is 4.11. The number of fused-ring (bicyclic) bond motifs is 1. The van der Waals surface area contributed by atoms with Gasteiger partial charge >= 0.3 is 0 Å². The van der Waals surface area contributed by atoms with Crippen molar-refractivity contribution in [2.24, 2.45) is 10.2 Å². The monoisotopic (exact) mass is 373 g/mol. The van der Waals surface area contributed by atoms with Gasteiger partial charge in [-0.3, -0.25) is 0 Å². The van der Waals surface area contributed by atoms with E-state index >= 15 is 0 Å². The maximum atomic E-state index is 9.49. The Morgan fingerprint density at radius 1 is 0.852 bits per heavy atom. The van der Waals surface area contributed by atoms with Gasteiger partial charge in [-0.15, -0.1) is 11.3 Å². The van der Waals surface area contributed by atoms with Crippen LogP contribution in [0.25, 0.3) is 20.8 Å². The summed E-state index contributed by atoms with van der Waals surface area (Å²) < 4.78 is 1.20. The molecule has 0 atom stereocenters. The zero-order valence-corrected chi connectivity index (χ0v) is 16.2. The molecule has 134 valence electrons. The second-order valence-electron chi connectivity index (χ2n) is 6.66. The highest BCUT2D eigenvalue weighted by atomic mass is 32.1. The first-order chi connectivity index (χ1) is 13.0. The predicted octanol–water partition coefficient (Wildman–Crippen LogP) is 7.01. The van der Waals surface area contributed by atoms with Gasteiger partial charge in [0.25, 0.3) is 0 Å². The lowest BCUT2D eigenvalue weighted by Gasteiger charge is -2.03. The second kappa shape index (κ2) is 6.93. The minimum absolute atomic E-state index is 0.234. The highest BCUT2D eigenvalue weighted by molar-refractivity contribution is 7.21. The van der Waals surface area contributed by atoms with Gasteiger partial charge in [-0.05, 0) is 86.0 Å². The summed E-state index contributed by atoms with van der Waals surface area (Å²) >= 11 is 1.71. The summed E-state index contributed by atoms with van der Waals surface area (Å²) in [7, 11) is 0. The molecule has 3 aromatic carbocycles. The molecule has 0 spiro atoms. The first-order valence-electron chi connectivity index (χ1n) is 8.69. The Bertz CT molecular complexity index is 1180. The Balaban J connectivity index is 1.64. The predicted molar refractivity (Wildman–Crippen MR) is 112 cm³/mol. The Hall–Kier alpha value is -3.05. The molecule has 1 aromatic heterocycles. The highest BCUT2D eigenvalue weighted by Crippen LogP contribution is 2.34. The third-order valence-electron chi connectivity index (χ3n) is 4.44. The number of benzene rings is 3. The third kappa shape index (κ3) is 3.59. The lowest BCUT2D eigenvalue weighted by atomic mass is 10.1. The van der Waals surface area contributed by atoms with E-state index in [1.165, 1.54) is 10.3 Å². The SMILES string of the molecule is Cc1ccc2nc(-c3ccc(/N=N/c4ccc(O)cc4C)cc3C)sc2c1. The van der Waals surface area contributed by atoms with Gasteiger partial charge in [0.05, 0.1) is 21.6 Å². The Labute approximate surface area is 161 Å². The van der Waals surface area contributed by atoms with E-state index in [1.807, 2.05) is 19.1 Å². The minimum atomic E-state index is 0.234. The Kier molecular flexibility index (Phi) is 4.46. The van der Waals surface area contributed by atoms with Crippen LogP contribution in [0.4, 0.5) is 11.4 Å². The number of thiazole rings is 1. The van der Waals surface area contributed by atoms with Crippen molar-refractivity contribution in [2.45, 2.75) is 20.8 Å². The van der Waals surface area contributed by atoms with Crippen molar-refractivity contribution in [1.29, 1.82) is 0 Å². The topological polar surface area (TPSA) is 57.8 Å². The summed E-state index contributed by atoms with van der Waals surface area (Å²) in [5.41, 5.74) is 6.94. The summed E-state index contributed by atoms with van der Waals surface area (Å²) in [6.45, 7) is 6.06. The molecule has 0 aliphatic heterocycles. The van der Waals surface area contributed by atoms with Crippen LogP contribution in [0.1, 0.15) is 16.7 Å². The molecule has 1 heterocycles. The maximum Gasteiger partial charge on any atom is 0.124 e. The van der Waals surface area contributed by atoms with Crippen LogP contribution in [-0.2, 0) is 0 Å². The van der Waals surface area contributed by atoms with Crippen LogP contribution < -0.4 is 0 Å². The lowest BCUT2D eigenvalue weighted by molar-refractivity contribution is 0.475. The molecule has 27 heavy (non-hydrogen) atoms. The zero-order valence-electron chi connectivity index (χ0n) is 15.4. The van der Waals surface area contributed by atoms with Gasteiger partial charge in [0.1, 0.15) is 10.8 Å². The van der Waals surface area contributed by atoms with Crippen molar-refractivity contribution in [3.8, 4) is 16.3 Å². The van der Waals surface area contributed by atoms with Crippen LogP contribution in [0.5, 0.6) is 5.75 Å². The number of aromatic hydroxyl groups is 1. The van der Waals surface area contributed by atoms with E-state index in [4.69, 9.17) is 4.98 Å². The van der Waals surface area contributed by atoms with Crippen molar-refractivity contribution in [2.75, 3.05) is 0 Å². The molecule has 0 saturated carbocycles. The van der Waals surface area contributed by atoms with Gasteiger partial charge in [0.2, 0.25) is 0 Å². The number of azo groups is 1. The van der Waals surface area contributed by atoms with Crippen LogP contribution in [0, 0.1) is 20.8 Å². The first-order valence-corrected chi connectivity index (χ1v) is 9.51. The summed E-state index contributed by atoms with van der Waals surface area (Å²) in [6.07, 6.45) is 0. The second-order valence-corrected chi connectivity index (χ2v) is 7.69. The van der Waals surface area contributed by atoms with Crippen LogP contribution in [0.3, 0.4) is 0 Å². The van der Waals surface area contributed by atoms with Gasteiger partial charge in [-0.25, -0.2) is 4.98 Å². The average Bonchev–Trinajstić information content (AvgIpc) is 3.03. The molecular formula is C22H19N3OS. The molecule has 0 bridgehead atoms. The van der Waals surface area contributed by atoms with E-state index < -0.39 is 0 Å². The molecular weight excluding hydrogens is 354 g/mol. The molecule has 4 aromatic rings. The zero-order chi connectivity index (χ0) is 19.0. The third-order valence-corrected chi connectivity index (χ3v) is 5.49. The van der Waals surface area contributed by atoms with Crippen molar-refractivity contribution in [1.82, 2.24) is 4.98 Å². The van der Waals surface area contributed by atoms with Crippen LogP contribution in [-0.4, -0.2) is 10.1 Å². The average molecular weight is 373 g/mol. The summed E-state index contributed by atoms with van der Waals surface area (Å²) in [6, 6.07) is 17.4. The molecule has 0 aliphatic rings. The number of hydrogen-bond acceptors (Lipinski definition) is 5. The Morgan fingerprint density at radius 2 is 1.70 bits per heavy atom. The van der Waals surface area contributed by atoms with Crippen LogP contribution >= 0.6 is 11.3 Å². The van der Waals surface area contributed by atoms with E-state index in [0.29, 0.717) is 0 Å². The van der Waals surface area contributed by atoms with Crippen molar-refractivity contribution < 1.29 is 5.11 Å². The number of hydrogen-bond donors (Lipinski definition) is 1. The van der Waals surface area contributed by atoms with E-state index in [1.54, 1.807) is 29.5 Å². The standard InChI is InChI=1S/C22H19N3OS/c1-13-4-8-20-21(10-13)27-22(23-20)18-7-5-16(11-14(18)2)24-25-19-9-6-17(26)12-15(19)3/h4-12,26H,1-3H3/b25-24+. The molecule has 0 fully saturated rings. The number of aryl methyl sites for hydroxylation is 3. The normalized spacial score (nSPS) is 11.5. The number of rotatable bonds is 3. The van der Waals surface area contributed by atoms with E-state index in [2.05, 4.69) is 48.3 Å². The van der Waals surface area contributed by atoms with Gasteiger partial charge in [-0.2, -0.15) is 10.2 Å². The molecule has 0 radical (unpaired) electrons. The van der Waals surface area contributed by atoms with Crippen molar-refractivity contribution >= 4 is 32.9 Å². The minimum Gasteiger partial charge on any atom is -0.508 e. The summed E-state index contributed by atoms with van der Waals surface area (Å²) in [4.78, 5) is 4.77. The fourth-order valence-electron chi connectivity index (χ4n) is 2.96. The van der Waals surface area contributed by atoms with E-state index in [0.717, 1.165) is 38.6 Å². The highest BCUT2D eigenvalue weighted by Gasteiger charge is 2.09. The number of phenols is 1. The summed E-state index contributed by atoms with van der Waals surface area (Å²) in [5, 5.41) is 19.2. The van der Waals surface area contributed by atoms with Gasteiger partial charge in [-0.1, -0.05) is 6.07 Å². The van der Waals surface area contributed by atoms with Crippen molar-refractivity contribution in [3.05, 3.63) is 71.3 Å².